The Balaban J connectivity index is 1.90. The molecule has 0 saturated heterocycles. The molecule has 5 nitrogen and oxygen atoms in total. The molecule has 24 heavy (non-hydrogen) atoms. The van der Waals surface area contributed by atoms with Crippen LogP contribution in [0.3, 0.4) is 0 Å². The molecule has 2 aromatic carbocycles. The molecule has 0 amide bonds. The van der Waals surface area contributed by atoms with Crippen LogP contribution < -0.4 is 4.80 Å². The van der Waals surface area contributed by atoms with Gasteiger partial charge in [-0.25, -0.2) is 4.68 Å². The van der Waals surface area contributed by atoms with Crippen molar-refractivity contribution >= 4 is 17.6 Å². The van der Waals surface area contributed by atoms with Gasteiger partial charge in [0.1, 0.15) is 0 Å². The fraction of sp³-hybridized carbons (Fsp3) is 0.111. The van der Waals surface area contributed by atoms with Gasteiger partial charge in [0.2, 0.25) is 4.80 Å². The van der Waals surface area contributed by atoms with Crippen LogP contribution in [0.1, 0.15) is 16.8 Å². The number of rotatable bonds is 4. The molecule has 0 aliphatic carbocycles. The molecule has 0 bridgehead atoms. The van der Waals surface area contributed by atoms with E-state index in [0.29, 0.717) is 12.1 Å². The maximum absolute atomic E-state index is 9.85. The lowest BCUT2D eigenvalue weighted by molar-refractivity contribution is 0.403. The first-order chi connectivity index (χ1) is 11.6. The van der Waals surface area contributed by atoms with Gasteiger partial charge >= 0.3 is 0 Å². The average Bonchev–Trinajstić information content (AvgIpc) is 2.95. The SMILES string of the molecule is Cc1csc(=NCc2ccccc2)n1N=Cc1cccc(O)c1O. The largest absolute Gasteiger partial charge is 0.504 e. The van der Waals surface area contributed by atoms with Crippen LogP contribution in [-0.4, -0.2) is 21.1 Å². The number of thiazole rings is 1. The van der Waals surface area contributed by atoms with Crippen molar-refractivity contribution in [3.8, 4) is 11.5 Å². The highest BCUT2D eigenvalue weighted by atomic mass is 32.1. The Morgan fingerprint density at radius 3 is 2.67 bits per heavy atom. The van der Waals surface area contributed by atoms with Gasteiger partial charge in [0.25, 0.3) is 0 Å². The molecule has 0 saturated carbocycles. The predicted octanol–water partition coefficient (Wildman–Crippen LogP) is 3.25. The van der Waals surface area contributed by atoms with Gasteiger partial charge in [-0.3, -0.25) is 4.99 Å². The van der Waals surface area contributed by atoms with E-state index in [1.807, 2.05) is 42.6 Å². The molecule has 0 fully saturated rings. The number of aryl methyl sites for hydroxylation is 1. The summed E-state index contributed by atoms with van der Waals surface area (Å²) in [7, 11) is 0. The number of phenolic OH excluding ortho intramolecular Hbond substituents is 2. The molecule has 0 unspecified atom stereocenters. The molecule has 0 radical (unpaired) electrons. The van der Waals surface area contributed by atoms with Crippen LogP contribution in [0.2, 0.25) is 0 Å². The van der Waals surface area contributed by atoms with Crippen molar-refractivity contribution in [2.75, 3.05) is 0 Å². The third-order valence-corrected chi connectivity index (χ3v) is 4.42. The summed E-state index contributed by atoms with van der Waals surface area (Å²) in [6.07, 6.45) is 1.51. The maximum Gasteiger partial charge on any atom is 0.206 e. The van der Waals surface area contributed by atoms with Crippen LogP contribution in [0, 0.1) is 6.92 Å². The Morgan fingerprint density at radius 1 is 1.08 bits per heavy atom. The Morgan fingerprint density at radius 2 is 1.88 bits per heavy atom. The van der Waals surface area contributed by atoms with Gasteiger partial charge in [-0.1, -0.05) is 36.4 Å². The first-order valence-electron chi connectivity index (χ1n) is 7.42. The van der Waals surface area contributed by atoms with Gasteiger partial charge in [0.05, 0.1) is 18.5 Å². The first-order valence-corrected chi connectivity index (χ1v) is 8.30. The molecule has 1 aromatic heterocycles. The smallest absolute Gasteiger partial charge is 0.206 e. The van der Waals surface area contributed by atoms with Crippen LogP contribution in [0.5, 0.6) is 11.5 Å². The second-order valence-electron chi connectivity index (χ2n) is 5.23. The quantitative estimate of drug-likeness (QED) is 0.566. The third kappa shape index (κ3) is 3.55. The van der Waals surface area contributed by atoms with E-state index in [1.165, 1.54) is 23.6 Å². The van der Waals surface area contributed by atoms with E-state index in [9.17, 15) is 10.2 Å². The van der Waals surface area contributed by atoms with Gasteiger partial charge in [-0.15, -0.1) is 11.3 Å². The monoisotopic (exact) mass is 339 g/mol. The predicted molar refractivity (Wildman–Crippen MR) is 95.5 cm³/mol. The zero-order valence-electron chi connectivity index (χ0n) is 13.1. The van der Waals surface area contributed by atoms with Crippen LogP contribution in [0.15, 0.2) is 64.0 Å². The standard InChI is InChI=1S/C18H17N3O2S/c1-13-12-24-18(19-10-14-6-3-2-4-7-14)21(13)20-11-15-8-5-9-16(22)17(15)23/h2-9,11-12,22-23H,10H2,1H3. The Hall–Kier alpha value is -2.86. The Labute approximate surface area is 143 Å². The zero-order chi connectivity index (χ0) is 16.9. The van der Waals surface area contributed by atoms with E-state index < -0.39 is 0 Å². The molecule has 0 aliphatic heterocycles. The van der Waals surface area contributed by atoms with Gasteiger partial charge < -0.3 is 10.2 Å². The fourth-order valence-electron chi connectivity index (χ4n) is 2.15. The highest BCUT2D eigenvalue weighted by Gasteiger charge is 2.04. The first kappa shape index (κ1) is 16.0. The summed E-state index contributed by atoms with van der Waals surface area (Å²) in [5.74, 6) is -0.350. The molecular weight excluding hydrogens is 322 g/mol. The van der Waals surface area contributed by atoms with Crippen molar-refractivity contribution in [1.29, 1.82) is 0 Å². The van der Waals surface area contributed by atoms with Crippen LogP contribution in [0.25, 0.3) is 0 Å². The van der Waals surface area contributed by atoms with Crippen LogP contribution in [-0.2, 0) is 6.54 Å². The molecule has 0 aliphatic rings. The minimum atomic E-state index is -0.183. The van der Waals surface area contributed by atoms with E-state index in [4.69, 9.17) is 0 Å². The number of nitrogens with zero attached hydrogens (tertiary/aromatic N) is 3. The van der Waals surface area contributed by atoms with Crippen molar-refractivity contribution in [2.24, 2.45) is 10.1 Å². The molecule has 3 aromatic rings. The second kappa shape index (κ2) is 7.14. The van der Waals surface area contributed by atoms with Crippen molar-refractivity contribution in [1.82, 2.24) is 4.68 Å². The molecular formula is C18H17N3O2S. The van der Waals surface area contributed by atoms with Crippen molar-refractivity contribution < 1.29 is 10.2 Å². The summed E-state index contributed by atoms with van der Waals surface area (Å²) in [5, 5.41) is 25.8. The minimum absolute atomic E-state index is 0.167. The summed E-state index contributed by atoms with van der Waals surface area (Å²) in [4.78, 5) is 5.38. The Kier molecular flexibility index (Phi) is 4.77. The summed E-state index contributed by atoms with van der Waals surface area (Å²) in [6, 6.07) is 14.8. The normalized spacial score (nSPS) is 12.1. The van der Waals surface area contributed by atoms with Crippen LogP contribution in [0.4, 0.5) is 0 Å². The minimum Gasteiger partial charge on any atom is -0.504 e. The molecule has 0 atom stereocenters. The van der Waals surface area contributed by atoms with Gasteiger partial charge in [0.15, 0.2) is 11.5 Å². The highest BCUT2D eigenvalue weighted by molar-refractivity contribution is 7.07. The molecule has 1 heterocycles. The molecule has 6 heteroatoms. The number of hydrogen-bond donors (Lipinski definition) is 2. The van der Waals surface area contributed by atoms with E-state index in [2.05, 4.69) is 10.1 Å². The summed E-state index contributed by atoms with van der Waals surface area (Å²) < 4.78 is 1.72. The molecule has 3 rings (SSSR count). The Bertz CT molecular complexity index is 927. The molecule has 2 N–H and O–H groups in total. The summed E-state index contributed by atoms with van der Waals surface area (Å²) in [5.41, 5.74) is 2.52. The van der Waals surface area contributed by atoms with Crippen molar-refractivity contribution in [3.63, 3.8) is 0 Å². The number of phenols is 2. The van der Waals surface area contributed by atoms with Gasteiger partial charge in [-0.05, 0) is 24.6 Å². The second-order valence-corrected chi connectivity index (χ2v) is 6.07. The highest BCUT2D eigenvalue weighted by Crippen LogP contribution is 2.26. The van der Waals surface area contributed by atoms with Gasteiger partial charge in [0, 0.05) is 10.9 Å². The van der Waals surface area contributed by atoms with E-state index in [1.54, 1.807) is 16.8 Å². The number of benzene rings is 2. The summed E-state index contributed by atoms with van der Waals surface area (Å²) in [6.45, 7) is 2.52. The number of aromatic nitrogens is 1. The lowest BCUT2D eigenvalue weighted by Gasteiger charge is -2.02. The fourth-order valence-corrected chi connectivity index (χ4v) is 2.95. The lowest BCUT2D eigenvalue weighted by Crippen LogP contribution is -2.12. The molecule has 122 valence electrons. The zero-order valence-corrected chi connectivity index (χ0v) is 13.9. The maximum atomic E-state index is 9.85. The summed E-state index contributed by atoms with van der Waals surface area (Å²) >= 11 is 1.51. The number of hydrogen-bond acceptors (Lipinski definition) is 5. The number of para-hydroxylation sites is 1. The van der Waals surface area contributed by atoms with E-state index >= 15 is 0 Å². The third-order valence-electron chi connectivity index (χ3n) is 3.45. The number of aromatic hydroxyl groups is 2. The average molecular weight is 339 g/mol. The van der Waals surface area contributed by atoms with E-state index in [-0.39, 0.29) is 11.5 Å². The molecule has 0 spiro atoms. The van der Waals surface area contributed by atoms with Gasteiger partial charge in [-0.2, -0.15) is 5.10 Å². The van der Waals surface area contributed by atoms with E-state index in [0.717, 1.165) is 16.1 Å². The topological polar surface area (TPSA) is 70.1 Å². The van der Waals surface area contributed by atoms with Crippen molar-refractivity contribution in [3.05, 3.63) is 75.5 Å². The lowest BCUT2D eigenvalue weighted by atomic mass is 10.2. The van der Waals surface area contributed by atoms with Crippen molar-refractivity contribution in [2.45, 2.75) is 13.5 Å². The van der Waals surface area contributed by atoms with Crippen LogP contribution >= 0.6 is 11.3 Å².